The molecule has 0 saturated carbocycles. The van der Waals surface area contributed by atoms with Crippen LogP contribution in [0.4, 0.5) is 0 Å². The van der Waals surface area contributed by atoms with E-state index in [4.69, 9.17) is 4.84 Å². The van der Waals surface area contributed by atoms with Gasteiger partial charge >= 0.3 is 0 Å². The van der Waals surface area contributed by atoms with Crippen molar-refractivity contribution in [2.24, 2.45) is 0 Å². The minimum Gasteiger partial charge on any atom is -0.303 e. The maximum Gasteiger partial charge on any atom is 0.0575 e. The second-order valence-electron chi connectivity index (χ2n) is 2.08. The van der Waals surface area contributed by atoms with E-state index in [1.165, 1.54) is 17.9 Å². The average molecular weight is 163 g/mol. The zero-order valence-electron chi connectivity index (χ0n) is 7.09. The van der Waals surface area contributed by atoms with Crippen molar-refractivity contribution in [2.75, 3.05) is 32.2 Å². The summed E-state index contributed by atoms with van der Waals surface area (Å²) in [6.45, 7) is 3.22. The lowest BCUT2D eigenvalue weighted by Crippen LogP contribution is -2.18. The quantitative estimate of drug-likeness (QED) is 0.436. The lowest BCUT2D eigenvalue weighted by atomic mass is 10.5. The van der Waals surface area contributed by atoms with Crippen molar-refractivity contribution in [1.82, 2.24) is 5.06 Å². The molecule has 0 spiro atoms. The van der Waals surface area contributed by atoms with Crippen molar-refractivity contribution in [2.45, 2.75) is 13.3 Å². The highest BCUT2D eigenvalue weighted by Gasteiger charge is 1.93. The molecule has 0 aromatic heterocycles. The predicted molar refractivity (Wildman–Crippen MR) is 47.3 cm³/mol. The van der Waals surface area contributed by atoms with Crippen LogP contribution in [-0.2, 0) is 4.84 Å². The van der Waals surface area contributed by atoms with Crippen LogP contribution in [0.2, 0.25) is 0 Å². The van der Waals surface area contributed by atoms with E-state index in [0.717, 1.165) is 6.54 Å². The summed E-state index contributed by atoms with van der Waals surface area (Å²) in [4.78, 5) is 4.95. The van der Waals surface area contributed by atoms with Gasteiger partial charge in [-0.05, 0) is 17.9 Å². The number of hydrogen-bond donors (Lipinski definition) is 0. The van der Waals surface area contributed by atoms with E-state index in [1.807, 2.05) is 23.9 Å². The van der Waals surface area contributed by atoms with Gasteiger partial charge in [0.15, 0.2) is 0 Å². The van der Waals surface area contributed by atoms with Crippen LogP contribution in [0.5, 0.6) is 0 Å². The van der Waals surface area contributed by atoms with Gasteiger partial charge in [0.2, 0.25) is 0 Å². The number of rotatable bonds is 6. The topological polar surface area (TPSA) is 12.5 Å². The highest BCUT2D eigenvalue weighted by atomic mass is 32.2. The molecule has 0 bridgehead atoms. The Morgan fingerprint density at radius 1 is 1.50 bits per heavy atom. The summed E-state index contributed by atoms with van der Waals surface area (Å²) in [5.41, 5.74) is 0. The summed E-state index contributed by atoms with van der Waals surface area (Å²) in [6.07, 6.45) is 1.21. The Morgan fingerprint density at radius 2 is 2.20 bits per heavy atom. The van der Waals surface area contributed by atoms with E-state index < -0.39 is 0 Å². The van der Waals surface area contributed by atoms with E-state index in [-0.39, 0.29) is 0 Å². The van der Waals surface area contributed by atoms with Crippen LogP contribution in [-0.4, -0.2) is 37.3 Å². The predicted octanol–water partition coefficient (Wildman–Crippen LogP) is 1.62. The van der Waals surface area contributed by atoms with Crippen LogP contribution >= 0.6 is 11.8 Å². The fourth-order valence-corrected chi connectivity index (χ4v) is 1.25. The Kier molecular flexibility index (Phi) is 7.58. The van der Waals surface area contributed by atoms with Crippen molar-refractivity contribution in [1.29, 1.82) is 0 Å². The van der Waals surface area contributed by atoms with Crippen LogP contribution in [0, 0.1) is 0 Å². The monoisotopic (exact) mass is 163 g/mol. The normalized spacial score (nSPS) is 10.8. The minimum absolute atomic E-state index is 1.03. The highest BCUT2D eigenvalue weighted by Crippen LogP contribution is 2.01. The molecule has 0 saturated heterocycles. The van der Waals surface area contributed by atoms with Gasteiger partial charge in [-0.25, -0.2) is 0 Å². The van der Waals surface area contributed by atoms with Gasteiger partial charge in [0, 0.05) is 13.6 Å². The van der Waals surface area contributed by atoms with Crippen molar-refractivity contribution < 1.29 is 4.84 Å². The van der Waals surface area contributed by atoms with Gasteiger partial charge in [-0.2, -0.15) is 16.8 Å². The minimum atomic E-state index is 1.03. The molecule has 10 heavy (non-hydrogen) atoms. The summed E-state index contributed by atoms with van der Waals surface area (Å²) in [7, 11) is 3.66. The lowest BCUT2D eigenvalue weighted by Gasteiger charge is -2.11. The molecule has 0 rings (SSSR count). The number of hydrogen-bond acceptors (Lipinski definition) is 3. The molecule has 0 heterocycles. The molecule has 0 fully saturated rings. The molecule has 0 aromatic rings. The smallest absolute Gasteiger partial charge is 0.0575 e. The van der Waals surface area contributed by atoms with Crippen molar-refractivity contribution in [3.63, 3.8) is 0 Å². The van der Waals surface area contributed by atoms with E-state index in [9.17, 15) is 0 Å². The fraction of sp³-hybridized carbons (Fsp3) is 1.00. The van der Waals surface area contributed by atoms with Gasteiger partial charge in [0.1, 0.15) is 0 Å². The first-order valence-electron chi connectivity index (χ1n) is 3.64. The van der Waals surface area contributed by atoms with Gasteiger partial charge in [-0.15, -0.1) is 0 Å². The van der Waals surface area contributed by atoms with Gasteiger partial charge < -0.3 is 4.84 Å². The first-order valence-corrected chi connectivity index (χ1v) is 4.79. The Labute approximate surface area is 67.9 Å². The Balaban J connectivity index is 2.89. The molecule has 0 unspecified atom stereocenters. The average Bonchev–Trinajstić information content (AvgIpc) is 1.98. The third-order valence-corrected chi connectivity index (χ3v) is 2.26. The van der Waals surface area contributed by atoms with Gasteiger partial charge in [-0.3, -0.25) is 0 Å². The van der Waals surface area contributed by atoms with Gasteiger partial charge in [-0.1, -0.05) is 6.92 Å². The fourth-order valence-electron chi connectivity index (χ4n) is 0.625. The first-order chi connectivity index (χ1) is 4.81. The standard InChI is InChI=1S/C7H17NOS/c1-4-10-7-5-6-8(2)9-3/h4-7H2,1-3H3. The summed E-state index contributed by atoms with van der Waals surface area (Å²) in [5.74, 6) is 2.46. The summed E-state index contributed by atoms with van der Waals surface area (Å²) >= 11 is 1.98. The van der Waals surface area contributed by atoms with Crippen LogP contribution in [0.3, 0.4) is 0 Å². The number of hydroxylamine groups is 2. The van der Waals surface area contributed by atoms with Crippen LogP contribution in [0.1, 0.15) is 13.3 Å². The molecule has 0 radical (unpaired) electrons. The van der Waals surface area contributed by atoms with E-state index in [1.54, 1.807) is 7.11 Å². The molecule has 0 aliphatic heterocycles. The maximum atomic E-state index is 4.95. The first kappa shape index (κ1) is 10.3. The summed E-state index contributed by atoms with van der Waals surface area (Å²) in [5, 5.41) is 1.86. The summed E-state index contributed by atoms with van der Waals surface area (Å²) < 4.78 is 0. The van der Waals surface area contributed by atoms with Crippen molar-refractivity contribution in [3.8, 4) is 0 Å². The Morgan fingerprint density at radius 3 is 2.70 bits per heavy atom. The SMILES string of the molecule is CCSCCCN(C)OC. The highest BCUT2D eigenvalue weighted by molar-refractivity contribution is 7.99. The Hall–Kier alpha value is 0.270. The second kappa shape index (κ2) is 7.38. The van der Waals surface area contributed by atoms with E-state index in [0.29, 0.717) is 0 Å². The Bertz CT molecular complexity index is 70.6. The van der Waals surface area contributed by atoms with E-state index in [2.05, 4.69) is 6.92 Å². The number of nitrogens with zero attached hydrogens (tertiary/aromatic N) is 1. The zero-order chi connectivity index (χ0) is 7.82. The third kappa shape index (κ3) is 6.39. The molecule has 0 amide bonds. The second-order valence-corrected chi connectivity index (χ2v) is 3.48. The molecule has 0 aliphatic carbocycles. The van der Waals surface area contributed by atoms with Gasteiger partial charge in [0.25, 0.3) is 0 Å². The third-order valence-electron chi connectivity index (χ3n) is 1.28. The largest absolute Gasteiger partial charge is 0.303 e. The molecule has 0 aromatic carbocycles. The molecule has 3 heteroatoms. The molecular formula is C7H17NOS. The van der Waals surface area contributed by atoms with Crippen LogP contribution in [0.25, 0.3) is 0 Å². The maximum absolute atomic E-state index is 4.95. The molecule has 0 aliphatic rings. The molecule has 0 atom stereocenters. The van der Waals surface area contributed by atoms with E-state index >= 15 is 0 Å². The van der Waals surface area contributed by atoms with Gasteiger partial charge in [0.05, 0.1) is 7.11 Å². The lowest BCUT2D eigenvalue weighted by molar-refractivity contribution is -0.108. The van der Waals surface area contributed by atoms with Crippen LogP contribution < -0.4 is 0 Å². The van der Waals surface area contributed by atoms with Crippen molar-refractivity contribution >= 4 is 11.8 Å². The number of thioether (sulfide) groups is 1. The molecule has 62 valence electrons. The molecular weight excluding hydrogens is 146 g/mol. The molecule has 2 nitrogen and oxygen atoms in total. The zero-order valence-corrected chi connectivity index (χ0v) is 7.91. The van der Waals surface area contributed by atoms with Crippen LogP contribution in [0.15, 0.2) is 0 Å². The molecule has 0 N–H and O–H groups in total. The summed E-state index contributed by atoms with van der Waals surface area (Å²) in [6, 6.07) is 0. The van der Waals surface area contributed by atoms with Crippen molar-refractivity contribution in [3.05, 3.63) is 0 Å².